The first-order chi connectivity index (χ1) is 8.56. The van der Waals surface area contributed by atoms with Crippen LogP contribution in [0.1, 0.15) is 16.1 Å². The smallest absolute Gasteiger partial charge is 0.354 e. The molecule has 2 rings (SSSR count). The van der Waals surface area contributed by atoms with Crippen molar-refractivity contribution in [3.05, 3.63) is 52.3 Å². The van der Waals surface area contributed by atoms with E-state index in [1.54, 1.807) is 12.1 Å². The second-order valence-electron chi connectivity index (χ2n) is 3.69. The molecular weight excluding hydrogens is 298 g/mol. The molecule has 0 aliphatic rings. The number of pyridine rings is 1. The van der Waals surface area contributed by atoms with Crippen LogP contribution in [-0.2, 0) is 0 Å². The van der Waals surface area contributed by atoms with Gasteiger partial charge in [-0.25, -0.2) is 9.78 Å². The van der Waals surface area contributed by atoms with Gasteiger partial charge in [0.2, 0.25) is 0 Å². The summed E-state index contributed by atoms with van der Waals surface area (Å²) >= 11 is 3.40. The molecular formula is C13H10BrNO3. The van der Waals surface area contributed by atoms with E-state index in [4.69, 9.17) is 9.84 Å². The average Bonchev–Trinajstić information content (AvgIpc) is 2.34. The fourth-order valence-electron chi connectivity index (χ4n) is 1.41. The van der Waals surface area contributed by atoms with Gasteiger partial charge in [-0.2, -0.15) is 0 Å². The Morgan fingerprint density at radius 1 is 1.28 bits per heavy atom. The largest absolute Gasteiger partial charge is 0.477 e. The molecule has 0 radical (unpaired) electrons. The standard InChI is InChI=1S/C13H10BrNO3/c1-8-6-9(2-3-11(8)14)18-10-4-5-15-12(7-10)13(16)17/h2-7H,1H3,(H,16,17). The van der Waals surface area contributed by atoms with Crippen molar-refractivity contribution in [1.82, 2.24) is 4.98 Å². The molecule has 0 aliphatic heterocycles. The van der Waals surface area contributed by atoms with Gasteiger partial charge in [-0.1, -0.05) is 15.9 Å². The van der Waals surface area contributed by atoms with Crippen LogP contribution < -0.4 is 4.74 Å². The number of carboxylic acid groups (broad SMARTS) is 1. The minimum absolute atomic E-state index is 0.0404. The highest BCUT2D eigenvalue weighted by atomic mass is 79.9. The molecule has 0 unspecified atom stereocenters. The van der Waals surface area contributed by atoms with Crippen LogP contribution in [-0.4, -0.2) is 16.1 Å². The lowest BCUT2D eigenvalue weighted by atomic mass is 10.2. The summed E-state index contributed by atoms with van der Waals surface area (Å²) in [6.07, 6.45) is 1.41. The maximum absolute atomic E-state index is 10.8. The first-order valence-electron chi connectivity index (χ1n) is 5.19. The van der Waals surface area contributed by atoms with E-state index in [1.165, 1.54) is 12.3 Å². The second-order valence-corrected chi connectivity index (χ2v) is 4.55. The van der Waals surface area contributed by atoms with Crippen molar-refractivity contribution in [2.24, 2.45) is 0 Å². The maximum Gasteiger partial charge on any atom is 0.354 e. The molecule has 4 nitrogen and oxygen atoms in total. The molecule has 0 amide bonds. The normalized spacial score (nSPS) is 10.1. The van der Waals surface area contributed by atoms with E-state index in [2.05, 4.69) is 20.9 Å². The number of aromatic carboxylic acids is 1. The number of benzene rings is 1. The van der Waals surface area contributed by atoms with Gasteiger partial charge in [-0.15, -0.1) is 0 Å². The Hall–Kier alpha value is -1.88. The lowest BCUT2D eigenvalue weighted by Gasteiger charge is -2.07. The molecule has 0 atom stereocenters. The summed E-state index contributed by atoms with van der Waals surface area (Å²) in [5.74, 6) is 0.0230. The van der Waals surface area contributed by atoms with E-state index in [1.807, 2.05) is 19.1 Å². The topological polar surface area (TPSA) is 59.4 Å². The van der Waals surface area contributed by atoms with E-state index in [0.717, 1.165) is 10.0 Å². The van der Waals surface area contributed by atoms with E-state index < -0.39 is 5.97 Å². The van der Waals surface area contributed by atoms with Gasteiger partial charge in [-0.05, 0) is 36.8 Å². The number of nitrogens with zero attached hydrogens (tertiary/aromatic N) is 1. The van der Waals surface area contributed by atoms with Crippen molar-refractivity contribution in [1.29, 1.82) is 0 Å². The van der Waals surface area contributed by atoms with Crippen molar-refractivity contribution >= 4 is 21.9 Å². The first-order valence-corrected chi connectivity index (χ1v) is 5.99. The van der Waals surface area contributed by atoms with Crippen molar-refractivity contribution in [3.63, 3.8) is 0 Å². The van der Waals surface area contributed by atoms with Gasteiger partial charge < -0.3 is 9.84 Å². The third-order valence-corrected chi connectivity index (χ3v) is 3.21. The Morgan fingerprint density at radius 3 is 2.67 bits per heavy atom. The molecule has 1 aromatic carbocycles. The maximum atomic E-state index is 10.8. The molecule has 18 heavy (non-hydrogen) atoms. The lowest BCUT2D eigenvalue weighted by molar-refractivity contribution is 0.0690. The highest BCUT2D eigenvalue weighted by molar-refractivity contribution is 9.10. The quantitative estimate of drug-likeness (QED) is 0.940. The zero-order chi connectivity index (χ0) is 13.1. The Labute approximate surface area is 112 Å². The van der Waals surface area contributed by atoms with E-state index in [-0.39, 0.29) is 5.69 Å². The number of carbonyl (C=O) groups is 1. The van der Waals surface area contributed by atoms with Crippen LogP contribution in [0.5, 0.6) is 11.5 Å². The van der Waals surface area contributed by atoms with Crippen molar-refractivity contribution in [2.75, 3.05) is 0 Å². The SMILES string of the molecule is Cc1cc(Oc2ccnc(C(=O)O)c2)ccc1Br. The van der Waals surface area contributed by atoms with Crippen LogP contribution in [0.2, 0.25) is 0 Å². The summed E-state index contributed by atoms with van der Waals surface area (Å²) in [5.41, 5.74) is 1.00. The summed E-state index contributed by atoms with van der Waals surface area (Å²) < 4.78 is 6.58. The van der Waals surface area contributed by atoms with Gasteiger partial charge in [0.25, 0.3) is 0 Å². The van der Waals surface area contributed by atoms with Crippen LogP contribution in [0.25, 0.3) is 0 Å². The van der Waals surface area contributed by atoms with Crippen LogP contribution in [0.3, 0.4) is 0 Å². The highest BCUT2D eigenvalue weighted by Crippen LogP contribution is 2.26. The number of carboxylic acids is 1. The Morgan fingerprint density at radius 2 is 2.00 bits per heavy atom. The molecule has 1 aromatic heterocycles. The predicted molar refractivity (Wildman–Crippen MR) is 70.1 cm³/mol. The van der Waals surface area contributed by atoms with Crippen molar-refractivity contribution in [3.8, 4) is 11.5 Å². The number of hydrogen-bond donors (Lipinski definition) is 1. The number of rotatable bonds is 3. The van der Waals surface area contributed by atoms with Gasteiger partial charge in [0, 0.05) is 16.7 Å². The molecule has 0 saturated heterocycles. The summed E-state index contributed by atoms with van der Waals surface area (Å²) in [7, 11) is 0. The van der Waals surface area contributed by atoms with E-state index >= 15 is 0 Å². The van der Waals surface area contributed by atoms with Gasteiger partial charge >= 0.3 is 5.97 Å². The van der Waals surface area contributed by atoms with Crippen LogP contribution in [0.15, 0.2) is 41.0 Å². The summed E-state index contributed by atoms with van der Waals surface area (Å²) in [5, 5.41) is 8.83. The van der Waals surface area contributed by atoms with E-state index in [0.29, 0.717) is 11.5 Å². The second kappa shape index (κ2) is 5.18. The average molecular weight is 308 g/mol. The number of hydrogen-bond acceptors (Lipinski definition) is 3. The summed E-state index contributed by atoms with van der Waals surface area (Å²) in [4.78, 5) is 14.5. The predicted octanol–water partition coefficient (Wildman–Crippen LogP) is 3.64. The Bertz CT molecular complexity index is 599. The van der Waals surface area contributed by atoms with Crippen LogP contribution >= 0.6 is 15.9 Å². The van der Waals surface area contributed by atoms with Gasteiger partial charge in [-0.3, -0.25) is 0 Å². The van der Waals surface area contributed by atoms with Gasteiger partial charge in [0.15, 0.2) is 5.69 Å². The molecule has 0 bridgehead atoms. The number of ether oxygens (including phenoxy) is 1. The number of aryl methyl sites for hydroxylation is 1. The molecule has 1 heterocycles. The van der Waals surface area contributed by atoms with Crippen LogP contribution in [0, 0.1) is 6.92 Å². The number of halogens is 1. The Balaban J connectivity index is 2.25. The zero-order valence-electron chi connectivity index (χ0n) is 9.55. The Kier molecular flexibility index (Phi) is 3.62. The minimum atomic E-state index is -1.08. The molecule has 0 saturated carbocycles. The van der Waals surface area contributed by atoms with Crippen LogP contribution in [0.4, 0.5) is 0 Å². The summed E-state index contributed by atoms with van der Waals surface area (Å²) in [6, 6.07) is 8.55. The van der Waals surface area contributed by atoms with Crippen molar-refractivity contribution < 1.29 is 14.6 Å². The first kappa shape index (κ1) is 12.6. The fourth-order valence-corrected chi connectivity index (χ4v) is 1.65. The van der Waals surface area contributed by atoms with E-state index in [9.17, 15) is 4.79 Å². The van der Waals surface area contributed by atoms with Gasteiger partial charge in [0.05, 0.1) is 0 Å². The molecule has 5 heteroatoms. The highest BCUT2D eigenvalue weighted by Gasteiger charge is 2.06. The molecule has 0 aliphatic carbocycles. The lowest BCUT2D eigenvalue weighted by Crippen LogP contribution is -1.99. The fraction of sp³-hybridized carbons (Fsp3) is 0.0769. The molecule has 0 spiro atoms. The monoisotopic (exact) mass is 307 g/mol. The third kappa shape index (κ3) is 2.87. The molecule has 0 fully saturated rings. The molecule has 92 valence electrons. The summed E-state index contributed by atoms with van der Waals surface area (Å²) in [6.45, 7) is 1.95. The minimum Gasteiger partial charge on any atom is -0.477 e. The molecule has 2 aromatic rings. The molecule has 1 N–H and O–H groups in total. The van der Waals surface area contributed by atoms with Crippen molar-refractivity contribution in [2.45, 2.75) is 6.92 Å². The zero-order valence-corrected chi connectivity index (χ0v) is 11.1. The van der Waals surface area contributed by atoms with Gasteiger partial charge in [0.1, 0.15) is 11.5 Å². The number of aromatic nitrogens is 1. The third-order valence-electron chi connectivity index (χ3n) is 2.32.